The molecule has 2 aliphatic heterocycles. The van der Waals surface area contributed by atoms with Crippen LogP contribution in [-0.2, 0) is 4.79 Å². The van der Waals surface area contributed by atoms with Crippen LogP contribution in [0.1, 0.15) is 36.5 Å². The van der Waals surface area contributed by atoms with E-state index in [0.29, 0.717) is 28.1 Å². The van der Waals surface area contributed by atoms with E-state index >= 15 is 0 Å². The first-order valence-electron chi connectivity index (χ1n) is 10.4. The second-order valence-corrected chi connectivity index (χ2v) is 9.69. The van der Waals surface area contributed by atoms with Crippen LogP contribution in [0.3, 0.4) is 0 Å². The lowest BCUT2D eigenvalue weighted by atomic mass is 10.1. The van der Waals surface area contributed by atoms with Gasteiger partial charge in [0.1, 0.15) is 0 Å². The number of benzene rings is 2. The van der Waals surface area contributed by atoms with Gasteiger partial charge < -0.3 is 15.1 Å². The van der Waals surface area contributed by atoms with Crippen molar-refractivity contribution >= 4 is 46.6 Å². The molecule has 2 heterocycles. The quantitative estimate of drug-likeness (QED) is 0.729. The molecular weight excluding hydrogens is 418 g/mol. The van der Waals surface area contributed by atoms with Crippen LogP contribution in [0.15, 0.2) is 47.4 Å². The number of hydrogen-bond acceptors (Lipinski definition) is 4. The normalized spacial score (nSPS) is 18.7. The number of anilines is 2. The Kier molecular flexibility index (Phi) is 6.54. The molecule has 0 aliphatic carbocycles. The lowest BCUT2D eigenvalue weighted by molar-refractivity contribution is -0.117. The van der Waals surface area contributed by atoms with Gasteiger partial charge in [0.2, 0.25) is 5.91 Å². The van der Waals surface area contributed by atoms with Gasteiger partial charge in [-0.2, -0.15) is 0 Å². The Morgan fingerprint density at radius 3 is 2.70 bits per heavy atom. The summed E-state index contributed by atoms with van der Waals surface area (Å²) in [6.07, 6.45) is 3.00. The van der Waals surface area contributed by atoms with Crippen LogP contribution in [0, 0.1) is 0 Å². The van der Waals surface area contributed by atoms with Crippen molar-refractivity contribution in [3.05, 3.63) is 53.1 Å². The van der Waals surface area contributed by atoms with Gasteiger partial charge >= 0.3 is 0 Å². The molecule has 5 nitrogen and oxygen atoms in total. The zero-order chi connectivity index (χ0) is 21.1. The molecule has 158 valence electrons. The Balaban J connectivity index is 1.52. The molecule has 4 rings (SSSR count). The van der Waals surface area contributed by atoms with Crippen molar-refractivity contribution in [2.45, 2.75) is 36.3 Å². The standard InChI is InChI=1S/C23H26ClN3O2S/c1-16-10-13-27(20-6-2-3-7-21(20)30-16)22(28)15-25-19-14-17(24)8-9-18(19)23(29)26-11-4-5-12-26/h2-3,6-9,14,16,25H,4-5,10-13,15H2,1H3. The first-order chi connectivity index (χ1) is 14.5. The highest BCUT2D eigenvalue weighted by Gasteiger charge is 2.25. The Hall–Kier alpha value is -2.18. The fourth-order valence-electron chi connectivity index (χ4n) is 3.95. The second kappa shape index (κ2) is 9.31. The maximum atomic E-state index is 13.1. The molecule has 0 bridgehead atoms. The number of hydrogen-bond donors (Lipinski definition) is 1. The molecular formula is C23H26ClN3O2S. The van der Waals surface area contributed by atoms with Crippen LogP contribution in [0.5, 0.6) is 0 Å². The number of thioether (sulfide) groups is 1. The molecule has 2 aliphatic rings. The number of fused-ring (bicyclic) bond motifs is 1. The molecule has 0 spiro atoms. The number of nitrogens with one attached hydrogen (secondary N) is 1. The number of para-hydroxylation sites is 1. The van der Waals surface area contributed by atoms with Crippen molar-refractivity contribution < 1.29 is 9.59 Å². The number of halogens is 1. The highest BCUT2D eigenvalue weighted by molar-refractivity contribution is 8.00. The third kappa shape index (κ3) is 4.60. The molecule has 0 aromatic heterocycles. The predicted molar refractivity (Wildman–Crippen MR) is 124 cm³/mol. The van der Waals surface area contributed by atoms with E-state index in [4.69, 9.17) is 11.6 Å². The molecule has 1 saturated heterocycles. The van der Waals surface area contributed by atoms with E-state index < -0.39 is 0 Å². The van der Waals surface area contributed by atoms with Gasteiger partial charge in [0, 0.05) is 40.5 Å². The summed E-state index contributed by atoms with van der Waals surface area (Å²) < 4.78 is 0. The number of likely N-dealkylation sites (tertiary alicyclic amines) is 1. The van der Waals surface area contributed by atoms with Gasteiger partial charge in [0.25, 0.3) is 5.91 Å². The molecule has 0 radical (unpaired) electrons. The van der Waals surface area contributed by atoms with Gasteiger partial charge in [-0.15, -0.1) is 11.8 Å². The van der Waals surface area contributed by atoms with E-state index in [2.05, 4.69) is 18.3 Å². The predicted octanol–water partition coefficient (Wildman–Crippen LogP) is 4.91. The van der Waals surface area contributed by atoms with Crippen molar-refractivity contribution in [3.63, 3.8) is 0 Å². The third-order valence-corrected chi connectivity index (χ3v) is 7.05. The van der Waals surface area contributed by atoms with Gasteiger partial charge in [0.15, 0.2) is 0 Å². The Labute approximate surface area is 186 Å². The molecule has 1 N–H and O–H groups in total. The summed E-state index contributed by atoms with van der Waals surface area (Å²) in [6.45, 7) is 4.53. The fourth-order valence-corrected chi connectivity index (χ4v) is 5.24. The molecule has 0 saturated carbocycles. The van der Waals surface area contributed by atoms with E-state index in [0.717, 1.165) is 42.9 Å². The minimum absolute atomic E-state index is 0.00976. The molecule has 2 aromatic rings. The lowest BCUT2D eigenvalue weighted by Crippen LogP contribution is -2.37. The minimum Gasteiger partial charge on any atom is -0.375 e. The van der Waals surface area contributed by atoms with E-state index in [9.17, 15) is 9.59 Å². The highest BCUT2D eigenvalue weighted by atomic mass is 35.5. The van der Waals surface area contributed by atoms with E-state index in [1.54, 1.807) is 18.2 Å². The van der Waals surface area contributed by atoms with Gasteiger partial charge in [0.05, 0.1) is 17.8 Å². The zero-order valence-electron chi connectivity index (χ0n) is 17.1. The smallest absolute Gasteiger partial charge is 0.255 e. The second-order valence-electron chi connectivity index (χ2n) is 7.77. The number of carbonyl (C=O) groups is 2. The lowest BCUT2D eigenvalue weighted by Gasteiger charge is -2.24. The molecule has 1 atom stereocenters. The maximum Gasteiger partial charge on any atom is 0.255 e. The molecule has 30 heavy (non-hydrogen) atoms. The topological polar surface area (TPSA) is 52.7 Å². The summed E-state index contributed by atoms with van der Waals surface area (Å²) in [5.74, 6) is -0.0267. The van der Waals surface area contributed by atoms with Crippen LogP contribution in [-0.4, -0.2) is 48.1 Å². The van der Waals surface area contributed by atoms with Crippen LogP contribution >= 0.6 is 23.4 Å². The number of rotatable bonds is 4. The first kappa shape index (κ1) is 21.1. The van der Waals surface area contributed by atoms with Crippen LogP contribution in [0.2, 0.25) is 5.02 Å². The number of nitrogens with zero attached hydrogens (tertiary/aromatic N) is 2. The van der Waals surface area contributed by atoms with Crippen molar-refractivity contribution in [3.8, 4) is 0 Å². The molecule has 2 amide bonds. The average Bonchev–Trinajstić information content (AvgIpc) is 3.22. The van der Waals surface area contributed by atoms with Crippen LogP contribution in [0.25, 0.3) is 0 Å². The largest absolute Gasteiger partial charge is 0.375 e. The highest BCUT2D eigenvalue weighted by Crippen LogP contribution is 2.37. The first-order valence-corrected chi connectivity index (χ1v) is 11.7. The van der Waals surface area contributed by atoms with Gasteiger partial charge in [-0.25, -0.2) is 0 Å². The SMILES string of the molecule is CC1CCN(C(=O)CNc2cc(Cl)ccc2C(=O)N2CCCC2)c2ccccc2S1. The van der Waals surface area contributed by atoms with Crippen molar-refractivity contribution in [1.82, 2.24) is 4.90 Å². The third-order valence-electron chi connectivity index (χ3n) is 5.58. The molecule has 7 heteroatoms. The Morgan fingerprint density at radius 1 is 1.13 bits per heavy atom. The van der Waals surface area contributed by atoms with Crippen molar-refractivity contribution in [1.29, 1.82) is 0 Å². The van der Waals surface area contributed by atoms with Gasteiger partial charge in [-0.1, -0.05) is 30.7 Å². The van der Waals surface area contributed by atoms with Gasteiger partial charge in [-0.3, -0.25) is 9.59 Å². The summed E-state index contributed by atoms with van der Waals surface area (Å²) in [4.78, 5) is 30.9. The Bertz CT molecular complexity index is 946. The summed E-state index contributed by atoms with van der Waals surface area (Å²) in [6, 6.07) is 13.2. The number of carbonyl (C=O) groups excluding carboxylic acids is 2. The summed E-state index contributed by atoms with van der Waals surface area (Å²) >= 11 is 8.00. The minimum atomic E-state index is -0.0169. The number of amides is 2. The van der Waals surface area contributed by atoms with E-state index in [-0.39, 0.29) is 18.4 Å². The summed E-state index contributed by atoms with van der Waals surface area (Å²) in [5.41, 5.74) is 2.13. The molecule has 1 fully saturated rings. The van der Waals surface area contributed by atoms with E-state index in [1.807, 2.05) is 39.8 Å². The summed E-state index contributed by atoms with van der Waals surface area (Å²) in [5, 5.41) is 4.18. The monoisotopic (exact) mass is 443 g/mol. The van der Waals surface area contributed by atoms with E-state index in [1.165, 1.54) is 0 Å². The van der Waals surface area contributed by atoms with Crippen LogP contribution in [0.4, 0.5) is 11.4 Å². The van der Waals surface area contributed by atoms with Crippen molar-refractivity contribution in [2.24, 2.45) is 0 Å². The zero-order valence-corrected chi connectivity index (χ0v) is 18.6. The van der Waals surface area contributed by atoms with Crippen LogP contribution < -0.4 is 10.2 Å². The average molecular weight is 444 g/mol. The van der Waals surface area contributed by atoms with Crippen molar-refractivity contribution in [2.75, 3.05) is 36.4 Å². The van der Waals surface area contributed by atoms with Gasteiger partial charge in [-0.05, 0) is 49.6 Å². The fraction of sp³-hybridized carbons (Fsp3) is 0.391. The Morgan fingerprint density at radius 2 is 1.90 bits per heavy atom. The summed E-state index contributed by atoms with van der Waals surface area (Å²) in [7, 11) is 0. The molecule has 2 aromatic carbocycles. The maximum absolute atomic E-state index is 13.1. The molecule has 1 unspecified atom stereocenters.